The first-order valence-electron chi connectivity index (χ1n) is 9.44. The minimum Gasteiger partial charge on any atom is -0.395 e. The van der Waals surface area contributed by atoms with Crippen molar-refractivity contribution in [3.63, 3.8) is 0 Å². The Morgan fingerprint density at radius 3 is 2.50 bits per heavy atom. The van der Waals surface area contributed by atoms with Crippen LogP contribution in [0.1, 0.15) is 35.3 Å². The van der Waals surface area contributed by atoms with Crippen molar-refractivity contribution in [3.05, 3.63) is 76.2 Å². The molecule has 0 atom stereocenters. The van der Waals surface area contributed by atoms with Crippen LogP contribution >= 0.6 is 0 Å². The molecule has 30 heavy (non-hydrogen) atoms. The van der Waals surface area contributed by atoms with Gasteiger partial charge in [-0.3, -0.25) is 9.59 Å². The van der Waals surface area contributed by atoms with Crippen molar-refractivity contribution in [2.75, 3.05) is 0 Å². The van der Waals surface area contributed by atoms with Crippen LogP contribution in [0, 0.1) is 0 Å². The molecule has 8 heteroatoms. The predicted molar refractivity (Wildman–Crippen MR) is 103 cm³/mol. The number of hydrogen-bond donors (Lipinski definition) is 1. The second-order valence-electron chi connectivity index (χ2n) is 7.55. The van der Waals surface area contributed by atoms with Gasteiger partial charge in [-0.2, -0.15) is 0 Å². The SMILES string of the molecule is O=C(CC1(c2ccc3c(c2)OC(F)(F)O3)CC1)c1cc(=O)[nH]c(-c2ccccc2)n1. The highest BCUT2D eigenvalue weighted by Gasteiger charge is 2.48. The number of benzene rings is 2. The quantitative estimate of drug-likeness (QED) is 0.642. The highest BCUT2D eigenvalue weighted by Crippen LogP contribution is 2.54. The van der Waals surface area contributed by atoms with Crippen molar-refractivity contribution in [2.45, 2.75) is 31.0 Å². The summed E-state index contributed by atoms with van der Waals surface area (Å²) >= 11 is 0. The topological polar surface area (TPSA) is 81.3 Å². The highest BCUT2D eigenvalue weighted by atomic mass is 19.3. The maximum absolute atomic E-state index is 13.3. The minimum atomic E-state index is -3.68. The van der Waals surface area contributed by atoms with Crippen LogP contribution < -0.4 is 15.0 Å². The Hall–Kier alpha value is -3.55. The van der Waals surface area contributed by atoms with Gasteiger partial charge in [0.2, 0.25) is 0 Å². The molecule has 3 aromatic rings. The number of carbonyl (C=O) groups is 1. The highest BCUT2D eigenvalue weighted by molar-refractivity contribution is 5.95. The van der Waals surface area contributed by atoms with E-state index >= 15 is 0 Å². The molecule has 6 nitrogen and oxygen atoms in total. The van der Waals surface area contributed by atoms with Crippen molar-refractivity contribution in [2.24, 2.45) is 0 Å². The molecule has 2 heterocycles. The number of hydrogen-bond acceptors (Lipinski definition) is 5. The first-order valence-corrected chi connectivity index (χ1v) is 9.44. The minimum absolute atomic E-state index is 0.0327. The molecular weight excluding hydrogens is 394 g/mol. The fourth-order valence-corrected chi connectivity index (χ4v) is 3.73. The number of rotatable bonds is 5. The lowest BCUT2D eigenvalue weighted by Crippen LogP contribution is -2.25. The predicted octanol–water partition coefficient (Wildman–Crippen LogP) is 4.06. The summed E-state index contributed by atoms with van der Waals surface area (Å²) in [4.78, 5) is 32.0. The molecule has 152 valence electrons. The third kappa shape index (κ3) is 3.34. The van der Waals surface area contributed by atoms with E-state index in [4.69, 9.17) is 0 Å². The Bertz CT molecular complexity index is 1200. The number of aromatic amines is 1. The van der Waals surface area contributed by atoms with Crippen molar-refractivity contribution in [1.82, 2.24) is 9.97 Å². The van der Waals surface area contributed by atoms with Crippen LogP contribution in [0.4, 0.5) is 8.78 Å². The fourth-order valence-electron chi connectivity index (χ4n) is 3.73. The number of ether oxygens (including phenoxy) is 2. The van der Waals surface area contributed by atoms with Gasteiger partial charge in [-0.1, -0.05) is 36.4 Å². The van der Waals surface area contributed by atoms with Gasteiger partial charge in [0, 0.05) is 23.5 Å². The number of carbonyl (C=O) groups excluding carboxylic acids is 1. The number of nitrogens with one attached hydrogen (secondary N) is 1. The smallest absolute Gasteiger partial charge is 0.395 e. The molecule has 1 aliphatic carbocycles. The van der Waals surface area contributed by atoms with Crippen LogP contribution in [0.2, 0.25) is 0 Å². The molecule has 0 amide bonds. The average molecular weight is 410 g/mol. The van der Waals surface area contributed by atoms with E-state index in [0.717, 1.165) is 18.4 Å². The van der Waals surface area contributed by atoms with Crippen molar-refractivity contribution in [3.8, 4) is 22.9 Å². The summed E-state index contributed by atoms with van der Waals surface area (Å²) in [6.07, 6.45) is -2.11. The van der Waals surface area contributed by atoms with Crippen molar-refractivity contribution < 1.29 is 23.0 Å². The molecule has 0 unspecified atom stereocenters. The van der Waals surface area contributed by atoms with Gasteiger partial charge in [0.1, 0.15) is 11.5 Å². The fraction of sp³-hybridized carbons (Fsp3) is 0.227. The Balaban J connectivity index is 1.41. The zero-order valence-corrected chi connectivity index (χ0v) is 15.7. The van der Waals surface area contributed by atoms with Gasteiger partial charge in [-0.05, 0) is 30.5 Å². The molecule has 5 rings (SSSR count). The summed E-state index contributed by atoms with van der Waals surface area (Å²) in [7, 11) is 0. The molecule has 1 fully saturated rings. The standard InChI is InChI=1S/C22H16F2N2O4/c23-22(24)29-17-7-6-14(10-18(17)30-22)21(8-9-21)12-16(27)15-11-19(28)26-20(25-15)13-4-2-1-3-5-13/h1-7,10-11H,8-9,12H2,(H,25,26,28). The number of fused-ring (bicyclic) bond motifs is 1. The molecular formula is C22H16F2N2O4. The molecule has 0 saturated heterocycles. The molecule has 1 aliphatic heterocycles. The molecule has 1 N–H and O–H groups in total. The van der Waals surface area contributed by atoms with E-state index in [-0.39, 0.29) is 29.4 Å². The number of H-pyrrole nitrogens is 1. The summed E-state index contributed by atoms with van der Waals surface area (Å²) < 4.78 is 35.5. The van der Waals surface area contributed by atoms with E-state index < -0.39 is 17.3 Å². The van der Waals surface area contributed by atoms with Crippen LogP contribution in [-0.2, 0) is 5.41 Å². The van der Waals surface area contributed by atoms with E-state index in [2.05, 4.69) is 19.4 Å². The van der Waals surface area contributed by atoms with Gasteiger partial charge >= 0.3 is 6.29 Å². The first-order chi connectivity index (χ1) is 14.3. The third-order valence-corrected chi connectivity index (χ3v) is 5.44. The van der Waals surface area contributed by atoms with E-state index in [0.29, 0.717) is 11.4 Å². The lowest BCUT2D eigenvalue weighted by Gasteiger charge is -2.15. The second-order valence-corrected chi connectivity index (χ2v) is 7.55. The first kappa shape index (κ1) is 18.5. The Morgan fingerprint density at radius 1 is 1.03 bits per heavy atom. The number of halogens is 2. The number of alkyl halides is 2. The van der Waals surface area contributed by atoms with Gasteiger partial charge in [0.15, 0.2) is 17.3 Å². The maximum Gasteiger partial charge on any atom is 0.586 e. The second kappa shape index (κ2) is 6.48. The molecule has 1 saturated carbocycles. The van der Waals surface area contributed by atoms with E-state index in [1.165, 1.54) is 18.2 Å². The van der Waals surface area contributed by atoms with Gasteiger partial charge in [0.05, 0.1) is 0 Å². The summed E-state index contributed by atoms with van der Waals surface area (Å²) in [5, 5.41) is 0. The zero-order valence-electron chi connectivity index (χ0n) is 15.7. The van der Waals surface area contributed by atoms with Crippen LogP contribution in [0.25, 0.3) is 11.4 Å². The molecule has 0 radical (unpaired) electrons. The van der Waals surface area contributed by atoms with Crippen LogP contribution in [0.15, 0.2) is 59.4 Å². The maximum atomic E-state index is 13.3. The third-order valence-electron chi connectivity index (χ3n) is 5.44. The zero-order chi connectivity index (χ0) is 20.9. The Morgan fingerprint density at radius 2 is 1.77 bits per heavy atom. The summed E-state index contributed by atoms with van der Waals surface area (Å²) in [6.45, 7) is 0. The molecule has 0 spiro atoms. The number of aromatic nitrogens is 2. The lowest BCUT2D eigenvalue weighted by atomic mass is 9.89. The molecule has 1 aromatic heterocycles. The van der Waals surface area contributed by atoms with Crippen LogP contribution in [-0.4, -0.2) is 22.0 Å². The molecule has 2 aliphatic rings. The average Bonchev–Trinajstić information content (AvgIpc) is 3.42. The number of ketones is 1. The number of Topliss-reactive ketones (excluding diaryl/α,β-unsaturated/α-hetero) is 1. The van der Waals surface area contributed by atoms with Gasteiger partial charge in [-0.25, -0.2) is 4.98 Å². The van der Waals surface area contributed by atoms with E-state index in [1.807, 2.05) is 18.2 Å². The number of nitrogens with zero attached hydrogens (tertiary/aromatic N) is 1. The van der Waals surface area contributed by atoms with Crippen molar-refractivity contribution >= 4 is 5.78 Å². The van der Waals surface area contributed by atoms with Crippen LogP contribution in [0.3, 0.4) is 0 Å². The Kier molecular flexibility index (Phi) is 3.99. The summed E-state index contributed by atoms with van der Waals surface area (Å²) in [5.74, 6) is -0.0353. The van der Waals surface area contributed by atoms with Gasteiger partial charge < -0.3 is 14.5 Å². The molecule has 0 bridgehead atoms. The summed E-state index contributed by atoms with van der Waals surface area (Å²) in [6, 6.07) is 14.8. The van der Waals surface area contributed by atoms with Gasteiger partial charge in [0.25, 0.3) is 5.56 Å². The van der Waals surface area contributed by atoms with E-state index in [9.17, 15) is 18.4 Å². The largest absolute Gasteiger partial charge is 0.586 e. The van der Waals surface area contributed by atoms with Crippen LogP contribution in [0.5, 0.6) is 11.5 Å². The lowest BCUT2D eigenvalue weighted by molar-refractivity contribution is -0.286. The summed E-state index contributed by atoms with van der Waals surface area (Å²) in [5.41, 5.74) is 0.606. The van der Waals surface area contributed by atoms with Crippen molar-refractivity contribution in [1.29, 1.82) is 0 Å². The van der Waals surface area contributed by atoms with Gasteiger partial charge in [-0.15, -0.1) is 8.78 Å². The Labute approximate surface area is 169 Å². The normalized spacial score (nSPS) is 17.5. The van der Waals surface area contributed by atoms with E-state index in [1.54, 1.807) is 18.2 Å². The molecule has 2 aromatic carbocycles. The monoisotopic (exact) mass is 410 g/mol.